The first-order valence-corrected chi connectivity index (χ1v) is 13.9. The highest BCUT2D eigenvalue weighted by molar-refractivity contribution is 6.31. The number of Topliss-reactive ketones (excluding diaryl/α,β-unsaturated/α-hetero) is 2. The maximum absolute atomic E-state index is 12.8. The van der Waals surface area contributed by atoms with Crippen LogP contribution in [0.15, 0.2) is 41.6 Å². The van der Waals surface area contributed by atoms with E-state index in [2.05, 4.69) is 4.98 Å². The van der Waals surface area contributed by atoms with E-state index in [9.17, 15) is 24.3 Å². The molecule has 1 amide bonds. The van der Waals surface area contributed by atoms with E-state index in [1.165, 1.54) is 10.9 Å². The van der Waals surface area contributed by atoms with Gasteiger partial charge in [-0.05, 0) is 49.9 Å². The lowest BCUT2D eigenvalue weighted by Crippen LogP contribution is -2.49. The lowest BCUT2D eigenvalue weighted by molar-refractivity contribution is -0.136. The number of hydrogen-bond donors (Lipinski definition) is 1. The molecule has 208 valence electrons. The van der Waals surface area contributed by atoms with Crippen molar-refractivity contribution < 1.29 is 19.5 Å². The molecular weight excluding hydrogens is 520 g/mol. The molecule has 1 aromatic carbocycles. The zero-order valence-electron chi connectivity index (χ0n) is 22.5. The number of unbranched alkanes of at least 4 members (excludes halogenated alkanes) is 2. The number of hydrogen-bond acceptors (Lipinski definition) is 6. The minimum Gasteiger partial charge on any atom is -0.388 e. The number of aromatic nitrogens is 3. The second-order valence-corrected chi connectivity index (χ2v) is 10.9. The molecule has 10 heteroatoms. The number of aryl methyl sites for hydroxylation is 1. The van der Waals surface area contributed by atoms with Crippen molar-refractivity contribution in [1.82, 2.24) is 19.0 Å². The second kappa shape index (κ2) is 12.3. The van der Waals surface area contributed by atoms with Gasteiger partial charge in [-0.15, -0.1) is 0 Å². The van der Waals surface area contributed by atoms with Gasteiger partial charge in [-0.25, -0.2) is 4.98 Å². The average Bonchev–Trinajstić information content (AvgIpc) is 3.31. The number of rotatable bonds is 11. The van der Waals surface area contributed by atoms with E-state index in [1.54, 1.807) is 53.9 Å². The molecule has 0 bridgehead atoms. The molecular formula is C29H35ClN4O5. The molecule has 1 saturated heterocycles. The normalized spacial score (nSPS) is 15.0. The van der Waals surface area contributed by atoms with Gasteiger partial charge in [-0.3, -0.25) is 23.7 Å². The van der Waals surface area contributed by atoms with Gasteiger partial charge in [0.25, 0.3) is 5.56 Å². The summed E-state index contributed by atoms with van der Waals surface area (Å²) in [6, 6.07) is 6.58. The Balaban J connectivity index is 1.20. The molecule has 1 aliphatic heterocycles. The number of nitrogens with zero attached hydrogens (tertiary/aromatic N) is 4. The van der Waals surface area contributed by atoms with Gasteiger partial charge in [0.05, 0.1) is 35.1 Å². The summed E-state index contributed by atoms with van der Waals surface area (Å²) >= 11 is 5.98. The zero-order valence-corrected chi connectivity index (χ0v) is 23.2. The molecule has 0 saturated carbocycles. The van der Waals surface area contributed by atoms with Crippen molar-refractivity contribution in [3.63, 3.8) is 0 Å². The summed E-state index contributed by atoms with van der Waals surface area (Å²) in [7, 11) is 1.77. The first-order chi connectivity index (χ1) is 18.6. The van der Waals surface area contributed by atoms with E-state index < -0.39 is 5.60 Å². The summed E-state index contributed by atoms with van der Waals surface area (Å²) in [5.74, 6) is 0.0541. The summed E-state index contributed by atoms with van der Waals surface area (Å²) in [6.07, 6.45) is 7.16. The molecule has 0 radical (unpaired) electrons. The zero-order chi connectivity index (χ0) is 28.2. The van der Waals surface area contributed by atoms with Gasteiger partial charge in [-0.2, -0.15) is 0 Å². The summed E-state index contributed by atoms with van der Waals surface area (Å²) in [5.41, 5.74) is 0.284. The molecule has 4 rings (SSSR count). The fourth-order valence-corrected chi connectivity index (χ4v) is 5.28. The van der Waals surface area contributed by atoms with Crippen LogP contribution in [0.25, 0.3) is 10.9 Å². The molecule has 1 aliphatic rings. The first kappa shape index (κ1) is 28.7. The van der Waals surface area contributed by atoms with Crippen LogP contribution < -0.4 is 5.56 Å². The number of ketones is 2. The topological polar surface area (TPSA) is 115 Å². The van der Waals surface area contributed by atoms with Crippen LogP contribution in [-0.4, -0.2) is 60.3 Å². The van der Waals surface area contributed by atoms with Crippen LogP contribution in [0.2, 0.25) is 5.02 Å². The van der Waals surface area contributed by atoms with Gasteiger partial charge in [0.2, 0.25) is 5.91 Å². The Morgan fingerprint density at radius 3 is 2.49 bits per heavy atom. The summed E-state index contributed by atoms with van der Waals surface area (Å²) in [4.78, 5) is 56.1. The smallest absolute Gasteiger partial charge is 0.261 e. The van der Waals surface area contributed by atoms with E-state index in [0.717, 1.165) is 6.42 Å². The fraction of sp³-hybridized carbons (Fsp3) is 0.483. The van der Waals surface area contributed by atoms with Gasteiger partial charge in [-0.1, -0.05) is 24.9 Å². The Bertz CT molecular complexity index is 1440. The van der Waals surface area contributed by atoms with E-state index in [0.29, 0.717) is 85.2 Å². The van der Waals surface area contributed by atoms with E-state index in [1.807, 2.05) is 0 Å². The lowest BCUT2D eigenvalue weighted by atomic mass is 9.91. The number of carbonyl (C=O) groups excluding carboxylic acids is 3. The van der Waals surface area contributed by atoms with Crippen molar-refractivity contribution in [2.45, 2.75) is 70.4 Å². The molecule has 0 unspecified atom stereocenters. The van der Waals surface area contributed by atoms with Crippen LogP contribution in [-0.2, 0) is 18.4 Å². The Morgan fingerprint density at radius 1 is 1.05 bits per heavy atom. The van der Waals surface area contributed by atoms with Gasteiger partial charge in [0.1, 0.15) is 0 Å². The van der Waals surface area contributed by atoms with Crippen molar-refractivity contribution in [3.8, 4) is 0 Å². The van der Waals surface area contributed by atoms with Crippen LogP contribution in [0.1, 0.15) is 79.1 Å². The van der Waals surface area contributed by atoms with Crippen molar-refractivity contribution in [3.05, 3.63) is 63.4 Å². The predicted molar refractivity (Wildman–Crippen MR) is 149 cm³/mol. The third-order valence-corrected chi connectivity index (χ3v) is 7.76. The SMILES string of the molecule is CCC(=O)c1cc(C(=O)CCCCCC(=O)N2CCC(O)(Cn3cnc4cc(Cl)ccc4c3=O)CC2)n(C)c1. The maximum Gasteiger partial charge on any atom is 0.261 e. The molecule has 3 heterocycles. The first-order valence-electron chi connectivity index (χ1n) is 13.5. The summed E-state index contributed by atoms with van der Waals surface area (Å²) in [5, 5.41) is 12.1. The molecule has 9 nitrogen and oxygen atoms in total. The molecule has 1 fully saturated rings. The number of halogens is 1. The highest BCUT2D eigenvalue weighted by atomic mass is 35.5. The van der Waals surface area contributed by atoms with Crippen LogP contribution in [0.5, 0.6) is 0 Å². The maximum atomic E-state index is 12.8. The Morgan fingerprint density at radius 2 is 1.77 bits per heavy atom. The summed E-state index contributed by atoms with van der Waals surface area (Å²) < 4.78 is 3.13. The van der Waals surface area contributed by atoms with E-state index in [4.69, 9.17) is 11.6 Å². The number of fused-ring (bicyclic) bond motifs is 1. The van der Waals surface area contributed by atoms with Crippen molar-refractivity contribution in [1.29, 1.82) is 0 Å². The standard InChI is InChI=1S/C29H35ClN4O5/c1-3-25(35)20-15-24(32(2)17-20)26(36)7-5-4-6-8-27(37)33-13-11-29(39,12-14-33)18-34-19-31-23-16-21(30)9-10-22(23)28(34)38/h9-10,15-17,19,39H,3-8,11-14,18H2,1-2H3. The molecule has 3 aromatic rings. The quantitative estimate of drug-likeness (QED) is 0.281. The Kier molecular flexibility index (Phi) is 9.02. The molecule has 0 atom stereocenters. The van der Waals surface area contributed by atoms with Gasteiger partial charge in [0, 0.05) is 56.2 Å². The van der Waals surface area contributed by atoms with Gasteiger partial charge >= 0.3 is 0 Å². The minimum absolute atomic E-state index is 0.00110. The number of amides is 1. The van der Waals surface area contributed by atoms with E-state index >= 15 is 0 Å². The Labute approximate surface area is 232 Å². The van der Waals surface area contributed by atoms with Gasteiger partial charge in [0.15, 0.2) is 11.6 Å². The molecule has 2 aromatic heterocycles. The minimum atomic E-state index is -1.10. The third kappa shape index (κ3) is 6.83. The van der Waals surface area contributed by atoms with Gasteiger partial charge < -0.3 is 14.6 Å². The van der Waals surface area contributed by atoms with Crippen LogP contribution in [0.4, 0.5) is 0 Å². The second-order valence-electron chi connectivity index (χ2n) is 10.4. The molecule has 39 heavy (non-hydrogen) atoms. The van der Waals surface area contributed by atoms with Crippen LogP contribution in [0, 0.1) is 0 Å². The molecule has 1 N–H and O–H groups in total. The highest BCUT2D eigenvalue weighted by Gasteiger charge is 2.34. The number of piperidine rings is 1. The Hall–Kier alpha value is -3.30. The summed E-state index contributed by atoms with van der Waals surface area (Å²) in [6.45, 7) is 2.76. The monoisotopic (exact) mass is 554 g/mol. The number of likely N-dealkylation sites (tertiary alicyclic amines) is 1. The number of aliphatic hydroxyl groups is 1. The fourth-order valence-electron chi connectivity index (χ4n) is 5.11. The lowest BCUT2D eigenvalue weighted by Gasteiger charge is -2.38. The largest absolute Gasteiger partial charge is 0.388 e. The van der Waals surface area contributed by atoms with Crippen molar-refractivity contribution >= 4 is 40.0 Å². The van der Waals surface area contributed by atoms with Crippen LogP contribution in [0.3, 0.4) is 0 Å². The highest BCUT2D eigenvalue weighted by Crippen LogP contribution is 2.25. The average molecular weight is 555 g/mol. The van der Waals surface area contributed by atoms with Crippen molar-refractivity contribution in [2.24, 2.45) is 7.05 Å². The molecule has 0 spiro atoms. The van der Waals surface area contributed by atoms with Crippen molar-refractivity contribution in [2.75, 3.05) is 13.1 Å². The molecule has 0 aliphatic carbocycles. The number of carbonyl (C=O) groups is 3. The number of benzene rings is 1. The predicted octanol–water partition coefficient (Wildman–Crippen LogP) is 4.17. The third-order valence-electron chi connectivity index (χ3n) is 7.53. The van der Waals surface area contributed by atoms with E-state index in [-0.39, 0.29) is 29.6 Å². The van der Waals surface area contributed by atoms with Crippen LogP contribution >= 0.6 is 11.6 Å².